The summed E-state index contributed by atoms with van der Waals surface area (Å²) < 4.78 is 5.84. The first-order valence-corrected chi connectivity index (χ1v) is 6.75. The Morgan fingerprint density at radius 3 is 2.71 bits per heavy atom. The molecule has 0 fully saturated rings. The molecule has 0 unspecified atom stereocenters. The van der Waals surface area contributed by atoms with Crippen LogP contribution >= 0.6 is 11.6 Å². The van der Waals surface area contributed by atoms with Crippen molar-refractivity contribution in [2.45, 2.75) is 13.5 Å². The van der Waals surface area contributed by atoms with Crippen molar-refractivity contribution in [2.75, 3.05) is 7.05 Å². The molecule has 21 heavy (non-hydrogen) atoms. The first-order valence-electron chi connectivity index (χ1n) is 6.38. The van der Waals surface area contributed by atoms with Gasteiger partial charge in [0, 0.05) is 23.2 Å². The van der Waals surface area contributed by atoms with E-state index in [1.807, 2.05) is 13.1 Å². The van der Waals surface area contributed by atoms with Gasteiger partial charge >= 0.3 is 0 Å². The SMILES string of the molecule is CNCc1ccc(Cl)cc1Oc1cccc([N+](=O)[O-])c1C. The van der Waals surface area contributed by atoms with Gasteiger partial charge in [-0.3, -0.25) is 10.1 Å². The zero-order valence-electron chi connectivity index (χ0n) is 11.7. The van der Waals surface area contributed by atoms with E-state index in [-0.39, 0.29) is 5.69 Å². The number of nitro groups is 1. The zero-order chi connectivity index (χ0) is 15.4. The van der Waals surface area contributed by atoms with Crippen molar-refractivity contribution < 1.29 is 9.66 Å². The third-order valence-electron chi connectivity index (χ3n) is 3.07. The van der Waals surface area contributed by atoms with E-state index in [1.54, 1.807) is 31.2 Å². The number of nitro benzene ring substituents is 1. The van der Waals surface area contributed by atoms with Crippen LogP contribution in [0.15, 0.2) is 36.4 Å². The Labute approximate surface area is 127 Å². The molecule has 0 bridgehead atoms. The van der Waals surface area contributed by atoms with Crippen molar-refractivity contribution in [1.29, 1.82) is 0 Å². The molecule has 0 saturated heterocycles. The molecular formula is C15H15ClN2O3. The van der Waals surface area contributed by atoms with Crippen LogP contribution in [-0.4, -0.2) is 12.0 Å². The number of hydrogen-bond donors (Lipinski definition) is 1. The van der Waals surface area contributed by atoms with Gasteiger partial charge < -0.3 is 10.1 Å². The molecule has 0 aliphatic carbocycles. The van der Waals surface area contributed by atoms with Crippen molar-refractivity contribution in [3.05, 3.63) is 62.7 Å². The monoisotopic (exact) mass is 306 g/mol. The molecule has 6 heteroatoms. The maximum absolute atomic E-state index is 11.0. The lowest BCUT2D eigenvalue weighted by atomic mass is 10.1. The lowest BCUT2D eigenvalue weighted by Gasteiger charge is -2.13. The summed E-state index contributed by atoms with van der Waals surface area (Å²) in [4.78, 5) is 10.5. The fraction of sp³-hybridized carbons (Fsp3) is 0.200. The third kappa shape index (κ3) is 3.51. The van der Waals surface area contributed by atoms with E-state index in [2.05, 4.69) is 5.32 Å². The molecule has 110 valence electrons. The summed E-state index contributed by atoms with van der Waals surface area (Å²) in [5.74, 6) is 1.03. The normalized spacial score (nSPS) is 10.4. The highest BCUT2D eigenvalue weighted by atomic mass is 35.5. The van der Waals surface area contributed by atoms with E-state index in [4.69, 9.17) is 16.3 Å². The minimum atomic E-state index is -0.422. The highest BCUT2D eigenvalue weighted by Crippen LogP contribution is 2.33. The predicted octanol–water partition coefficient (Wildman–Crippen LogP) is 4.07. The van der Waals surface area contributed by atoms with Gasteiger partial charge in [-0.25, -0.2) is 0 Å². The standard InChI is InChI=1S/C15H15ClN2O3/c1-10-13(18(19)20)4-3-5-14(10)21-15-8-12(16)7-6-11(15)9-17-2/h3-8,17H,9H2,1-2H3. The van der Waals surface area contributed by atoms with Crippen LogP contribution < -0.4 is 10.1 Å². The lowest BCUT2D eigenvalue weighted by Crippen LogP contribution is -2.06. The lowest BCUT2D eigenvalue weighted by molar-refractivity contribution is -0.385. The second kappa shape index (κ2) is 6.56. The molecular weight excluding hydrogens is 292 g/mol. The number of hydrogen-bond acceptors (Lipinski definition) is 4. The Morgan fingerprint density at radius 1 is 1.29 bits per heavy atom. The van der Waals surface area contributed by atoms with Gasteiger partial charge in [-0.15, -0.1) is 0 Å². The molecule has 2 rings (SSSR count). The van der Waals surface area contributed by atoms with E-state index in [0.29, 0.717) is 28.6 Å². The van der Waals surface area contributed by atoms with Crippen molar-refractivity contribution in [1.82, 2.24) is 5.32 Å². The molecule has 0 amide bonds. The quantitative estimate of drug-likeness (QED) is 0.668. The minimum absolute atomic E-state index is 0.0321. The van der Waals surface area contributed by atoms with Gasteiger partial charge in [0.05, 0.1) is 10.5 Å². The number of benzene rings is 2. The van der Waals surface area contributed by atoms with Gasteiger partial charge in [-0.05, 0) is 32.2 Å². The predicted molar refractivity (Wildman–Crippen MR) is 82.1 cm³/mol. The van der Waals surface area contributed by atoms with Gasteiger partial charge in [0.2, 0.25) is 0 Å². The molecule has 5 nitrogen and oxygen atoms in total. The van der Waals surface area contributed by atoms with E-state index in [9.17, 15) is 10.1 Å². The van der Waals surface area contributed by atoms with E-state index >= 15 is 0 Å². The van der Waals surface area contributed by atoms with Gasteiger partial charge in [-0.1, -0.05) is 23.7 Å². The fourth-order valence-electron chi connectivity index (χ4n) is 1.99. The van der Waals surface area contributed by atoms with Crippen LogP contribution in [-0.2, 0) is 6.54 Å². The molecule has 0 aliphatic heterocycles. The van der Waals surface area contributed by atoms with Gasteiger partial charge in [-0.2, -0.15) is 0 Å². The topological polar surface area (TPSA) is 64.4 Å². The smallest absolute Gasteiger partial charge is 0.276 e. The average Bonchev–Trinajstić information content (AvgIpc) is 2.44. The Kier molecular flexibility index (Phi) is 4.77. The maximum atomic E-state index is 11.0. The van der Waals surface area contributed by atoms with Gasteiger partial charge in [0.1, 0.15) is 11.5 Å². The first-order chi connectivity index (χ1) is 10.0. The van der Waals surface area contributed by atoms with E-state index in [1.165, 1.54) is 6.07 Å². The maximum Gasteiger partial charge on any atom is 0.276 e. The van der Waals surface area contributed by atoms with Crippen molar-refractivity contribution in [3.8, 4) is 11.5 Å². The summed E-state index contributed by atoms with van der Waals surface area (Å²) in [5, 5.41) is 14.6. The summed E-state index contributed by atoms with van der Waals surface area (Å²) in [6.45, 7) is 2.27. The number of halogens is 1. The average molecular weight is 307 g/mol. The molecule has 0 aliphatic rings. The number of nitrogens with zero attached hydrogens (tertiary/aromatic N) is 1. The molecule has 2 aromatic rings. The molecule has 1 N–H and O–H groups in total. The molecule has 0 radical (unpaired) electrons. The molecule has 0 saturated carbocycles. The molecule has 0 atom stereocenters. The number of nitrogens with one attached hydrogen (secondary N) is 1. The number of ether oxygens (including phenoxy) is 1. The van der Waals surface area contributed by atoms with Crippen LogP contribution in [0.3, 0.4) is 0 Å². The van der Waals surface area contributed by atoms with Crippen LogP contribution in [0.5, 0.6) is 11.5 Å². The second-order valence-corrected chi connectivity index (χ2v) is 4.98. The molecule has 2 aromatic carbocycles. The molecule has 0 spiro atoms. The van der Waals surface area contributed by atoms with E-state index in [0.717, 1.165) is 5.56 Å². The summed E-state index contributed by atoms with van der Waals surface area (Å²) >= 11 is 6.00. The summed E-state index contributed by atoms with van der Waals surface area (Å²) in [6, 6.07) is 10.1. The Morgan fingerprint density at radius 2 is 2.05 bits per heavy atom. The van der Waals surface area contributed by atoms with Gasteiger partial charge in [0.25, 0.3) is 5.69 Å². The zero-order valence-corrected chi connectivity index (χ0v) is 12.5. The Hall–Kier alpha value is -2.11. The Bertz CT molecular complexity index is 674. The van der Waals surface area contributed by atoms with Gasteiger partial charge in [0.15, 0.2) is 0 Å². The Balaban J connectivity index is 2.40. The van der Waals surface area contributed by atoms with Crippen LogP contribution in [0.1, 0.15) is 11.1 Å². The first kappa shape index (κ1) is 15.3. The molecule has 0 aromatic heterocycles. The largest absolute Gasteiger partial charge is 0.456 e. The highest BCUT2D eigenvalue weighted by molar-refractivity contribution is 6.30. The minimum Gasteiger partial charge on any atom is -0.456 e. The third-order valence-corrected chi connectivity index (χ3v) is 3.30. The second-order valence-electron chi connectivity index (χ2n) is 4.54. The summed E-state index contributed by atoms with van der Waals surface area (Å²) in [7, 11) is 1.83. The van der Waals surface area contributed by atoms with Crippen LogP contribution in [0.2, 0.25) is 5.02 Å². The van der Waals surface area contributed by atoms with Crippen LogP contribution in [0.4, 0.5) is 5.69 Å². The number of rotatable bonds is 5. The van der Waals surface area contributed by atoms with E-state index < -0.39 is 4.92 Å². The summed E-state index contributed by atoms with van der Waals surface area (Å²) in [5.41, 5.74) is 1.44. The summed E-state index contributed by atoms with van der Waals surface area (Å²) in [6.07, 6.45) is 0. The van der Waals surface area contributed by atoms with Crippen LogP contribution in [0, 0.1) is 17.0 Å². The van der Waals surface area contributed by atoms with Crippen LogP contribution in [0.25, 0.3) is 0 Å². The van der Waals surface area contributed by atoms with Crippen molar-refractivity contribution in [3.63, 3.8) is 0 Å². The van der Waals surface area contributed by atoms with Crippen molar-refractivity contribution >= 4 is 17.3 Å². The molecule has 0 heterocycles. The highest BCUT2D eigenvalue weighted by Gasteiger charge is 2.15. The van der Waals surface area contributed by atoms with Crippen molar-refractivity contribution in [2.24, 2.45) is 0 Å². The fourth-order valence-corrected chi connectivity index (χ4v) is 2.15.